The molecule has 0 atom stereocenters. The van der Waals surface area contributed by atoms with Crippen molar-refractivity contribution in [2.24, 2.45) is 5.92 Å². The van der Waals surface area contributed by atoms with Crippen LogP contribution in [0.25, 0.3) is 22.2 Å². The summed E-state index contributed by atoms with van der Waals surface area (Å²) >= 11 is 0. The van der Waals surface area contributed by atoms with Crippen molar-refractivity contribution in [3.8, 4) is 11.3 Å². The van der Waals surface area contributed by atoms with E-state index in [1.54, 1.807) is 12.4 Å². The van der Waals surface area contributed by atoms with Crippen molar-refractivity contribution in [1.82, 2.24) is 20.6 Å². The van der Waals surface area contributed by atoms with Gasteiger partial charge in [-0.3, -0.25) is 9.78 Å². The molecule has 126 valence electrons. The third-order valence-electron chi connectivity index (χ3n) is 4.58. The molecule has 4 rings (SSSR count). The van der Waals surface area contributed by atoms with Crippen LogP contribution in [0.2, 0.25) is 0 Å². The molecule has 3 aromatic rings. The Balaban J connectivity index is 1.76. The Morgan fingerprint density at radius 3 is 2.88 bits per heavy atom. The Hall–Kier alpha value is -2.79. The number of hydrogen-bond acceptors (Lipinski definition) is 4. The SMILES string of the molecule is Cc1ccc2nc(-c3cccnc3)cc(C(=O)NCC3CNC3)c2c1. The van der Waals surface area contributed by atoms with Gasteiger partial charge in [-0.2, -0.15) is 0 Å². The van der Waals surface area contributed by atoms with Crippen LogP contribution in [0.5, 0.6) is 0 Å². The van der Waals surface area contributed by atoms with Crippen LogP contribution in [-0.2, 0) is 0 Å². The summed E-state index contributed by atoms with van der Waals surface area (Å²) in [6, 6.07) is 11.7. The third-order valence-corrected chi connectivity index (χ3v) is 4.58. The van der Waals surface area contributed by atoms with Gasteiger partial charge in [0.05, 0.1) is 16.8 Å². The van der Waals surface area contributed by atoms with Crippen molar-refractivity contribution in [3.63, 3.8) is 0 Å². The van der Waals surface area contributed by atoms with E-state index in [1.807, 2.05) is 43.3 Å². The Kier molecular flexibility index (Phi) is 4.15. The molecule has 0 unspecified atom stereocenters. The topological polar surface area (TPSA) is 66.9 Å². The zero-order valence-electron chi connectivity index (χ0n) is 14.1. The molecule has 1 amide bonds. The lowest BCUT2D eigenvalue weighted by molar-refractivity contribution is 0.0944. The summed E-state index contributed by atoms with van der Waals surface area (Å²) in [6.07, 6.45) is 3.50. The Morgan fingerprint density at radius 1 is 1.28 bits per heavy atom. The lowest BCUT2D eigenvalue weighted by atomic mass is 10.0. The number of carbonyl (C=O) groups is 1. The Labute approximate surface area is 146 Å². The van der Waals surface area contributed by atoms with Crippen LogP contribution in [0.4, 0.5) is 0 Å². The van der Waals surface area contributed by atoms with Gasteiger partial charge in [0.1, 0.15) is 0 Å². The second kappa shape index (κ2) is 6.61. The highest BCUT2D eigenvalue weighted by Crippen LogP contribution is 2.25. The molecule has 0 aliphatic carbocycles. The van der Waals surface area contributed by atoms with Gasteiger partial charge >= 0.3 is 0 Å². The molecule has 5 heteroatoms. The molecule has 2 aromatic heterocycles. The summed E-state index contributed by atoms with van der Waals surface area (Å²) in [4.78, 5) is 21.7. The molecule has 0 radical (unpaired) electrons. The molecule has 0 spiro atoms. The lowest BCUT2D eigenvalue weighted by Crippen LogP contribution is -2.48. The van der Waals surface area contributed by atoms with Crippen molar-refractivity contribution in [1.29, 1.82) is 0 Å². The number of carbonyl (C=O) groups excluding carboxylic acids is 1. The number of aryl methyl sites for hydroxylation is 1. The molecular weight excluding hydrogens is 312 g/mol. The van der Waals surface area contributed by atoms with Gasteiger partial charge in [0.25, 0.3) is 5.91 Å². The first-order chi connectivity index (χ1) is 12.2. The molecule has 25 heavy (non-hydrogen) atoms. The average molecular weight is 332 g/mol. The summed E-state index contributed by atoms with van der Waals surface area (Å²) in [5, 5.41) is 7.18. The number of rotatable bonds is 4. The molecular formula is C20H20N4O. The smallest absolute Gasteiger partial charge is 0.252 e. The first-order valence-electron chi connectivity index (χ1n) is 8.51. The summed E-state index contributed by atoms with van der Waals surface area (Å²) in [7, 11) is 0. The van der Waals surface area contributed by atoms with Crippen LogP contribution in [0.15, 0.2) is 48.8 Å². The molecule has 3 heterocycles. The summed E-state index contributed by atoms with van der Waals surface area (Å²) in [6.45, 7) is 4.66. The van der Waals surface area contributed by atoms with Crippen LogP contribution in [0, 0.1) is 12.8 Å². The van der Waals surface area contributed by atoms with Gasteiger partial charge < -0.3 is 10.6 Å². The zero-order chi connectivity index (χ0) is 17.2. The minimum Gasteiger partial charge on any atom is -0.352 e. The second-order valence-electron chi connectivity index (χ2n) is 6.55. The third kappa shape index (κ3) is 3.23. The zero-order valence-corrected chi connectivity index (χ0v) is 14.1. The van der Waals surface area contributed by atoms with Crippen LogP contribution in [0.3, 0.4) is 0 Å². The molecule has 1 aliphatic heterocycles. The monoisotopic (exact) mass is 332 g/mol. The molecule has 0 bridgehead atoms. The standard InChI is InChI=1S/C20H20N4O/c1-13-4-5-18-16(7-13)17(20(25)23-11-14-9-22-10-14)8-19(24-18)15-3-2-6-21-12-15/h2-8,12,14,22H,9-11H2,1H3,(H,23,25). The predicted octanol–water partition coefficient (Wildman–Crippen LogP) is 2.55. The van der Waals surface area contributed by atoms with Crippen LogP contribution in [-0.4, -0.2) is 35.5 Å². The van der Waals surface area contributed by atoms with E-state index in [-0.39, 0.29) is 5.91 Å². The first-order valence-corrected chi connectivity index (χ1v) is 8.51. The van der Waals surface area contributed by atoms with E-state index < -0.39 is 0 Å². The summed E-state index contributed by atoms with van der Waals surface area (Å²) in [5.41, 5.74) is 4.27. The number of nitrogens with zero attached hydrogens (tertiary/aromatic N) is 2. The van der Waals surface area contributed by atoms with Crippen molar-refractivity contribution < 1.29 is 4.79 Å². The molecule has 1 aliphatic rings. The fraction of sp³-hybridized carbons (Fsp3) is 0.250. The Bertz CT molecular complexity index is 920. The van der Waals surface area contributed by atoms with Crippen LogP contribution >= 0.6 is 0 Å². The highest BCUT2D eigenvalue weighted by atomic mass is 16.1. The number of hydrogen-bond donors (Lipinski definition) is 2. The van der Waals surface area contributed by atoms with Gasteiger partial charge in [-0.05, 0) is 37.3 Å². The normalized spacial score (nSPS) is 14.3. The van der Waals surface area contributed by atoms with Crippen LogP contribution in [0.1, 0.15) is 15.9 Å². The molecule has 2 N–H and O–H groups in total. The fourth-order valence-electron chi connectivity index (χ4n) is 3.01. The largest absolute Gasteiger partial charge is 0.352 e. The number of benzene rings is 1. The van der Waals surface area contributed by atoms with E-state index in [0.29, 0.717) is 18.0 Å². The molecule has 1 aromatic carbocycles. The van der Waals surface area contributed by atoms with E-state index in [4.69, 9.17) is 4.98 Å². The highest BCUT2D eigenvalue weighted by Gasteiger charge is 2.19. The number of aromatic nitrogens is 2. The maximum Gasteiger partial charge on any atom is 0.252 e. The number of amides is 1. The predicted molar refractivity (Wildman–Crippen MR) is 98.4 cm³/mol. The van der Waals surface area contributed by atoms with Crippen molar-refractivity contribution in [2.45, 2.75) is 6.92 Å². The number of fused-ring (bicyclic) bond motifs is 1. The minimum absolute atomic E-state index is 0.0463. The van der Waals surface area contributed by atoms with Crippen molar-refractivity contribution in [3.05, 3.63) is 59.9 Å². The van der Waals surface area contributed by atoms with Gasteiger partial charge in [-0.1, -0.05) is 11.6 Å². The summed E-state index contributed by atoms with van der Waals surface area (Å²) < 4.78 is 0. The van der Waals surface area contributed by atoms with Gasteiger partial charge in [-0.15, -0.1) is 0 Å². The van der Waals surface area contributed by atoms with Gasteiger partial charge in [0.2, 0.25) is 0 Å². The lowest BCUT2D eigenvalue weighted by Gasteiger charge is -2.27. The maximum atomic E-state index is 12.8. The van der Waals surface area contributed by atoms with Crippen molar-refractivity contribution >= 4 is 16.8 Å². The first kappa shape index (κ1) is 15.7. The van der Waals surface area contributed by atoms with Gasteiger partial charge in [0, 0.05) is 48.9 Å². The second-order valence-corrected chi connectivity index (χ2v) is 6.55. The molecule has 5 nitrogen and oxygen atoms in total. The van der Waals surface area contributed by atoms with E-state index in [1.165, 1.54) is 0 Å². The number of pyridine rings is 2. The summed E-state index contributed by atoms with van der Waals surface area (Å²) in [5.74, 6) is 0.478. The fourth-order valence-corrected chi connectivity index (χ4v) is 3.01. The number of nitrogens with one attached hydrogen (secondary N) is 2. The Morgan fingerprint density at radius 2 is 2.16 bits per heavy atom. The minimum atomic E-state index is -0.0463. The van der Waals surface area contributed by atoms with Gasteiger partial charge in [0.15, 0.2) is 0 Å². The van der Waals surface area contributed by atoms with Gasteiger partial charge in [-0.25, -0.2) is 4.98 Å². The quantitative estimate of drug-likeness (QED) is 0.770. The van der Waals surface area contributed by atoms with E-state index in [9.17, 15) is 4.79 Å². The van der Waals surface area contributed by atoms with E-state index in [2.05, 4.69) is 15.6 Å². The van der Waals surface area contributed by atoms with E-state index in [0.717, 1.165) is 40.8 Å². The molecule has 0 saturated carbocycles. The van der Waals surface area contributed by atoms with E-state index >= 15 is 0 Å². The highest BCUT2D eigenvalue weighted by molar-refractivity contribution is 6.07. The maximum absolute atomic E-state index is 12.8. The van der Waals surface area contributed by atoms with Crippen molar-refractivity contribution in [2.75, 3.05) is 19.6 Å². The average Bonchev–Trinajstić information content (AvgIpc) is 2.60. The van der Waals surface area contributed by atoms with Crippen LogP contribution < -0.4 is 10.6 Å². The molecule has 1 saturated heterocycles. The molecule has 1 fully saturated rings.